The lowest BCUT2D eigenvalue weighted by Gasteiger charge is -2.17. The Kier molecular flexibility index (Phi) is 3.42. The van der Waals surface area contributed by atoms with Crippen LogP contribution in [0.15, 0.2) is 54.6 Å². The molecule has 0 radical (unpaired) electrons. The molecule has 102 valence electrons. The summed E-state index contributed by atoms with van der Waals surface area (Å²) in [6, 6.07) is 16.7. The van der Waals surface area contributed by atoms with E-state index < -0.39 is 12.0 Å². The van der Waals surface area contributed by atoms with Gasteiger partial charge in [0.15, 0.2) is 6.04 Å². The van der Waals surface area contributed by atoms with Gasteiger partial charge in [-0.25, -0.2) is 4.79 Å². The van der Waals surface area contributed by atoms with E-state index in [4.69, 9.17) is 0 Å². The maximum Gasteiger partial charge on any atom is 0.330 e. The third-order valence-electron chi connectivity index (χ3n) is 3.62. The third kappa shape index (κ3) is 2.82. The van der Waals surface area contributed by atoms with E-state index in [0.717, 1.165) is 11.3 Å². The number of hydrogen-bond acceptors (Lipinski definition) is 2. The Morgan fingerprint density at radius 2 is 1.85 bits per heavy atom. The number of aliphatic carboxylic acids is 1. The minimum absolute atomic E-state index is 0.626. The zero-order valence-corrected chi connectivity index (χ0v) is 11.1. The van der Waals surface area contributed by atoms with Crippen molar-refractivity contribution in [3.63, 3.8) is 0 Å². The summed E-state index contributed by atoms with van der Waals surface area (Å²) in [7, 11) is 0. The molecule has 1 aliphatic carbocycles. The topological polar surface area (TPSA) is 49.3 Å². The molecule has 0 aromatic heterocycles. The van der Waals surface area contributed by atoms with Crippen molar-refractivity contribution >= 4 is 11.7 Å². The van der Waals surface area contributed by atoms with Gasteiger partial charge >= 0.3 is 5.97 Å². The van der Waals surface area contributed by atoms with Crippen LogP contribution in [-0.2, 0) is 4.79 Å². The molecule has 2 aromatic rings. The number of anilines is 1. The van der Waals surface area contributed by atoms with Gasteiger partial charge in [0.25, 0.3) is 0 Å². The van der Waals surface area contributed by atoms with Crippen LogP contribution >= 0.6 is 0 Å². The van der Waals surface area contributed by atoms with Gasteiger partial charge in [0.2, 0.25) is 0 Å². The zero-order valence-electron chi connectivity index (χ0n) is 11.1. The Hall–Kier alpha value is -2.29. The van der Waals surface area contributed by atoms with Gasteiger partial charge < -0.3 is 10.4 Å². The molecule has 0 aliphatic heterocycles. The van der Waals surface area contributed by atoms with Gasteiger partial charge in [0, 0.05) is 5.69 Å². The van der Waals surface area contributed by atoms with Gasteiger partial charge in [-0.05, 0) is 42.0 Å². The summed E-state index contributed by atoms with van der Waals surface area (Å²) in [5.41, 5.74) is 2.88. The van der Waals surface area contributed by atoms with E-state index in [2.05, 4.69) is 11.4 Å². The number of carboxylic acids is 1. The maximum absolute atomic E-state index is 11.5. The fourth-order valence-corrected chi connectivity index (χ4v) is 2.40. The maximum atomic E-state index is 11.5. The second-order valence-corrected chi connectivity index (χ2v) is 5.23. The first kappa shape index (κ1) is 12.7. The molecule has 1 saturated carbocycles. The summed E-state index contributed by atoms with van der Waals surface area (Å²) >= 11 is 0. The molecule has 20 heavy (non-hydrogen) atoms. The van der Waals surface area contributed by atoms with Gasteiger partial charge in [-0.15, -0.1) is 0 Å². The quantitative estimate of drug-likeness (QED) is 0.866. The average molecular weight is 267 g/mol. The number of carbonyl (C=O) groups is 1. The first-order valence-corrected chi connectivity index (χ1v) is 6.88. The van der Waals surface area contributed by atoms with Crippen molar-refractivity contribution in [2.75, 3.05) is 5.32 Å². The number of para-hydroxylation sites is 1. The van der Waals surface area contributed by atoms with Crippen LogP contribution in [-0.4, -0.2) is 11.1 Å². The van der Waals surface area contributed by atoms with Crippen molar-refractivity contribution < 1.29 is 9.90 Å². The summed E-state index contributed by atoms with van der Waals surface area (Å²) in [4.78, 5) is 11.5. The van der Waals surface area contributed by atoms with Gasteiger partial charge in [0.1, 0.15) is 0 Å². The van der Waals surface area contributed by atoms with Gasteiger partial charge in [-0.2, -0.15) is 0 Å². The van der Waals surface area contributed by atoms with Crippen LogP contribution in [0.1, 0.15) is 35.9 Å². The molecule has 1 unspecified atom stereocenters. The van der Waals surface area contributed by atoms with Gasteiger partial charge in [-0.1, -0.05) is 42.5 Å². The van der Waals surface area contributed by atoms with Crippen LogP contribution in [0.5, 0.6) is 0 Å². The van der Waals surface area contributed by atoms with Crippen LogP contribution < -0.4 is 5.32 Å². The lowest BCUT2D eigenvalue weighted by Crippen LogP contribution is -2.20. The van der Waals surface area contributed by atoms with Crippen molar-refractivity contribution in [1.82, 2.24) is 0 Å². The van der Waals surface area contributed by atoms with Crippen molar-refractivity contribution in [3.05, 3.63) is 65.7 Å². The highest BCUT2D eigenvalue weighted by molar-refractivity contribution is 5.79. The monoisotopic (exact) mass is 267 g/mol. The smallest absolute Gasteiger partial charge is 0.330 e. The highest BCUT2D eigenvalue weighted by atomic mass is 16.4. The Morgan fingerprint density at radius 1 is 1.10 bits per heavy atom. The summed E-state index contributed by atoms with van der Waals surface area (Å²) < 4.78 is 0. The first-order chi connectivity index (χ1) is 9.74. The zero-order chi connectivity index (χ0) is 13.9. The molecule has 0 spiro atoms. The molecule has 0 bridgehead atoms. The van der Waals surface area contributed by atoms with E-state index in [1.807, 2.05) is 48.5 Å². The second kappa shape index (κ2) is 5.37. The van der Waals surface area contributed by atoms with Crippen LogP contribution in [0.3, 0.4) is 0 Å². The van der Waals surface area contributed by atoms with Crippen LogP contribution in [0.2, 0.25) is 0 Å². The number of nitrogens with one attached hydrogen (secondary N) is 1. The minimum Gasteiger partial charge on any atom is -0.479 e. The summed E-state index contributed by atoms with van der Waals surface area (Å²) in [6.45, 7) is 0. The molecular weight excluding hydrogens is 250 g/mol. The SMILES string of the molecule is O=C(O)C(Nc1ccccc1)c1cccc(C2CC2)c1. The summed E-state index contributed by atoms with van der Waals surface area (Å²) in [5, 5.41) is 12.6. The molecule has 3 heteroatoms. The molecule has 2 aromatic carbocycles. The molecule has 0 heterocycles. The number of hydrogen-bond donors (Lipinski definition) is 2. The van der Waals surface area contributed by atoms with Crippen molar-refractivity contribution in [1.29, 1.82) is 0 Å². The highest BCUT2D eigenvalue weighted by Gasteiger charge is 2.25. The largest absolute Gasteiger partial charge is 0.479 e. The van der Waals surface area contributed by atoms with E-state index >= 15 is 0 Å². The second-order valence-electron chi connectivity index (χ2n) is 5.23. The summed E-state index contributed by atoms with van der Waals surface area (Å²) in [5.74, 6) is -0.233. The number of rotatable bonds is 5. The highest BCUT2D eigenvalue weighted by Crippen LogP contribution is 2.40. The Balaban J connectivity index is 1.86. The van der Waals surface area contributed by atoms with Crippen molar-refractivity contribution in [2.45, 2.75) is 24.8 Å². The molecule has 2 N–H and O–H groups in total. The Bertz CT molecular complexity index is 605. The van der Waals surface area contributed by atoms with E-state index in [1.165, 1.54) is 18.4 Å². The minimum atomic E-state index is -0.859. The van der Waals surface area contributed by atoms with Crippen molar-refractivity contribution in [3.8, 4) is 0 Å². The molecule has 3 rings (SSSR count). The number of benzene rings is 2. The van der Waals surface area contributed by atoms with E-state index in [1.54, 1.807) is 0 Å². The lowest BCUT2D eigenvalue weighted by molar-refractivity contribution is -0.138. The van der Waals surface area contributed by atoms with Crippen molar-refractivity contribution in [2.24, 2.45) is 0 Å². The standard InChI is InChI=1S/C17H17NO2/c19-17(20)16(18-15-7-2-1-3-8-15)14-6-4-5-13(11-14)12-9-10-12/h1-8,11-12,16,18H,9-10H2,(H,19,20). The van der Waals surface area contributed by atoms with E-state index in [0.29, 0.717) is 5.92 Å². The van der Waals surface area contributed by atoms with E-state index in [-0.39, 0.29) is 0 Å². The van der Waals surface area contributed by atoms with Gasteiger partial charge in [-0.3, -0.25) is 0 Å². The molecule has 1 atom stereocenters. The third-order valence-corrected chi connectivity index (χ3v) is 3.62. The number of carboxylic acid groups (broad SMARTS) is 1. The van der Waals surface area contributed by atoms with Crippen LogP contribution in [0, 0.1) is 0 Å². The summed E-state index contributed by atoms with van der Waals surface area (Å²) in [6.07, 6.45) is 2.43. The Morgan fingerprint density at radius 3 is 2.50 bits per heavy atom. The molecular formula is C17H17NO2. The van der Waals surface area contributed by atoms with Crippen LogP contribution in [0.25, 0.3) is 0 Å². The predicted molar refractivity (Wildman–Crippen MR) is 78.9 cm³/mol. The fraction of sp³-hybridized carbons (Fsp3) is 0.235. The molecule has 0 amide bonds. The normalized spacial score (nSPS) is 15.6. The molecule has 1 aliphatic rings. The van der Waals surface area contributed by atoms with E-state index in [9.17, 15) is 9.90 Å². The molecule has 3 nitrogen and oxygen atoms in total. The average Bonchev–Trinajstić information content (AvgIpc) is 3.30. The molecule has 1 fully saturated rings. The van der Waals surface area contributed by atoms with Crippen LogP contribution in [0.4, 0.5) is 5.69 Å². The fourth-order valence-electron chi connectivity index (χ4n) is 2.40. The first-order valence-electron chi connectivity index (χ1n) is 6.88. The van der Waals surface area contributed by atoms with Gasteiger partial charge in [0.05, 0.1) is 0 Å². The molecule has 0 saturated heterocycles. The predicted octanol–water partition coefficient (Wildman–Crippen LogP) is 3.80. The lowest BCUT2D eigenvalue weighted by atomic mass is 10.0. The Labute approximate surface area is 118 Å².